The van der Waals surface area contributed by atoms with Gasteiger partial charge in [-0.15, -0.1) is 4.80 Å². The third-order valence-electron chi connectivity index (χ3n) is 6.99. The van der Waals surface area contributed by atoms with Gasteiger partial charge >= 0.3 is 20.0 Å². The molecule has 5 rings (SSSR count). The summed E-state index contributed by atoms with van der Waals surface area (Å²) in [5, 5.41) is 10.6. The van der Waals surface area contributed by atoms with Gasteiger partial charge in [-0.3, -0.25) is 14.6 Å². The van der Waals surface area contributed by atoms with E-state index in [1.165, 1.54) is 35.5 Å². The van der Waals surface area contributed by atoms with E-state index in [0.717, 1.165) is 14.9 Å². The van der Waals surface area contributed by atoms with Crippen LogP contribution in [0, 0.1) is 6.92 Å². The van der Waals surface area contributed by atoms with Crippen LogP contribution in [-0.2, 0) is 9.22 Å². The highest BCUT2D eigenvalue weighted by Crippen LogP contribution is 2.37. The molecular weight excluding hydrogens is 530 g/mol. The summed E-state index contributed by atoms with van der Waals surface area (Å²) < 4.78 is 7.52. The van der Waals surface area contributed by atoms with Crippen molar-refractivity contribution in [2.24, 2.45) is 0 Å². The number of aromatic nitrogens is 5. The monoisotopic (exact) mass is 559 g/mol. The average molecular weight is 560 g/mol. The average Bonchev–Trinajstić information content (AvgIpc) is 3.55. The smallest absolute Gasteiger partial charge is 0.330 e. The second kappa shape index (κ2) is 9.90. The third kappa shape index (κ3) is 4.37. The maximum Gasteiger partial charge on any atom is 0.330 e. The van der Waals surface area contributed by atoms with Crippen molar-refractivity contribution in [3.8, 4) is 5.00 Å². The van der Waals surface area contributed by atoms with E-state index in [0.29, 0.717) is 20.8 Å². The highest BCUT2D eigenvalue weighted by Gasteiger charge is 2.53. The van der Waals surface area contributed by atoms with Crippen molar-refractivity contribution in [2.75, 3.05) is 0 Å². The second-order valence-corrected chi connectivity index (χ2v) is 15.6. The third-order valence-corrected chi connectivity index (χ3v) is 13.1. The Morgan fingerprint density at radius 3 is 2.03 bits per heavy atom. The lowest BCUT2D eigenvalue weighted by Crippen LogP contribution is -2.67. The van der Waals surface area contributed by atoms with Crippen molar-refractivity contribution in [1.82, 2.24) is 24.5 Å². The Labute approximate surface area is 229 Å². The lowest BCUT2D eigenvalue weighted by atomic mass is 10.2. The molecule has 0 aliphatic carbocycles. The summed E-state index contributed by atoms with van der Waals surface area (Å²) in [6, 6.07) is 18.3. The lowest BCUT2D eigenvalue weighted by molar-refractivity contribution is -0.138. The number of benzene rings is 2. The minimum Gasteiger partial charge on any atom is -0.508 e. The molecule has 200 valence electrons. The van der Waals surface area contributed by atoms with E-state index in [4.69, 9.17) is 4.43 Å². The number of H-pyrrole nitrogens is 1. The molecule has 0 unspecified atom stereocenters. The molecule has 0 saturated carbocycles. The molecule has 0 bridgehead atoms. The molecule has 3 heterocycles. The van der Waals surface area contributed by atoms with Crippen LogP contribution in [0.2, 0.25) is 5.04 Å². The maximum atomic E-state index is 13.9. The molecule has 11 heteroatoms. The van der Waals surface area contributed by atoms with E-state index in [2.05, 4.69) is 36.0 Å². The Morgan fingerprint density at radius 1 is 0.974 bits per heavy atom. The van der Waals surface area contributed by atoms with Gasteiger partial charge in [0.15, 0.2) is 0 Å². The first kappa shape index (κ1) is 26.5. The van der Waals surface area contributed by atoms with Crippen molar-refractivity contribution < 1.29 is 9.22 Å². The molecule has 5 aromatic rings. The van der Waals surface area contributed by atoms with Gasteiger partial charge in [0, 0.05) is 5.56 Å². The van der Waals surface area contributed by atoms with Crippen LogP contribution in [0.25, 0.3) is 15.2 Å². The van der Waals surface area contributed by atoms with Crippen LogP contribution >= 0.6 is 11.3 Å². The number of rotatable bonds is 6. The quantitative estimate of drug-likeness (QED) is 0.320. The summed E-state index contributed by atoms with van der Waals surface area (Å²) in [5.41, 5.74) is -0.623. The predicted molar refractivity (Wildman–Crippen MR) is 155 cm³/mol. The molecule has 2 aromatic carbocycles. The fraction of sp³-hybridized carbons (Fsp3) is 0.250. The Hall–Kier alpha value is -4.09. The summed E-state index contributed by atoms with van der Waals surface area (Å²) in [7, 11) is -3.23. The molecular formula is C28H29N5O4SSi. The number of hydrogen-bond acceptors (Lipinski definition) is 7. The van der Waals surface area contributed by atoms with Gasteiger partial charge in [0.2, 0.25) is 0 Å². The summed E-state index contributed by atoms with van der Waals surface area (Å²) in [4.78, 5) is 45.4. The van der Waals surface area contributed by atoms with E-state index in [1.807, 2.05) is 60.7 Å². The Morgan fingerprint density at radius 2 is 1.51 bits per heavy atom. The maximum absolute atomic E-state index is 13.9. The minimum atomic E-state index is -3.23. The topological polar surface area (TPSA) is 112 Å². The molecule has 0 aliphatic rings. The van der Waals surface area contributed by atoms with Gasteiger partial charge in [-0.2, -0.15) is 10.2 Å². The largest absolute Gasteiger partial charge is 0.508 e. The number of hydrogen-bond donors (Lipinski definition) is 1. The SMILES string of the molecule is Cc1c(-n2nccn2)sc2[nH]c(=O)n([C@@H](C)C(=O)O[Si](c3ccccc3)(c3ccccc3)C(C)(C)C)c(=O)c12. The van der Waals surface area contributed by atoms with Crippen LogP contribution in [0.5, 0.6) is 0 Å². The summed E-state index contributed by atoms with van der Waals surface area (Å²) in [6.07, 6.45) is 3.07. The number of thiophene rings is 1. The molecule has 1 atom stereocenters. The first-order chi connectivity index (χ1) is 18.6. The van der Waals surface area contributed by atoms with Crippen molar-refractivity contribution >= 4 is 46.2 Å². The molecule has 39 heavy (non-hydrogen) atoms. The lowest BCUT2D eigenvalue weighted by Gasteiger charge is -2.42. The van der Waals surface area contributed by atoms with E-state index in [9.17, 15) is 14.4 Å². The molecule has 0 saturated heterocycles. The first-order valence-corrected chi connectivity index (χ1v) is 15.3. The highest BCUT2D eigenvalue weighted by atomic mass is 32.1. The molecule has 0 spiro atoms. The number of aryl methyl sites for hydroxylation is 1. The van der Waals surface area contributed by atoms with Gasteiger partial charge in [-0.25, -0.2) is 9.36 Å². The van der Waals surface area contributed by atoms with Gasteiger partial charge < -0.3 is 4.43 Å². The molecule has 0 amide bonds. The zero-order valence-electron chi connectivity index (χ0n) is 22.3. The Balaban J connectivity index is 1.63. The van der Waals surface area contributed by atoms with Crippen LogP contribution in [-0.4, -0.2) is 38.8 Å². The predicted octanol–water partition coefficient (Wildman–Crippen LogP) is 3.30. The van der Waals surface area contributed by atoms with E-state index >= 15 is 0 Å². The number of carbonyl (C=O) groups excluding carboxylic acids is 1. The van der Waals surface area contributed by atoms with Crippen molar-refractivity contribution in [2.45, 2.75) is 45.7 Å². The fourth-order valence-corrected chi connectivity index (χ4v) is 10.6. The molecule has 0 fully saturated rings. The van der Waals surface area contributed by atoms with Crippen molar-refractivity contribution in [1.29, 1.82) is 0 Å². The number of fused-ring (bicyclic) bond motifs is 1. The van der Waals surface area contributed by atoms with Crippen LogP contribution < -0.4 is 21.6 Å². The first-order valence-electron chi connectivity index (χ1n) is 12.5. The molecule has 1 N–H and O–H groups in total. The van der Waals surface area contributed by atoms with Crippen LogP contribution in [0.1, 0.15) is 39.3 Å². The number of carbonyl (C=O) groups is 1. The Bertz CT molecular complexity index is 1710. The summed E-state index contributed by atoms with van der Waals surface area (Å²) in [5.74, 6) is -0.641. The van der Waals surface area contributed by atoms with Gasteiger partial charge in [0.25, 0.3) is 5.56 Å². The molecule has 9 nitrogen and oxygen atoms in total. The van der Waals surface area contributed by atoms with Crippen LogP contribution in [0.3, 0.4) is 0 Å². The zero-order chi connectivity index (χ0) is 27.9. The number of nitrogens with zero attached hydrogens (tertiary/aromatic N) is 4. The van der Waals surface area contributed by atoms with Gasteiger partial charge in [-0.05, 0) is 29.3 Å². The van der Waals surface area contributed by atoms with Gasteiger partial charge in [-0.1, -0.05) is 92.8 Å². The molecule has 0 radical (unpaired) electrons. The molecule has 0 aliphatic heterocycles. The zero-order valence-corrected chi connectivity index (χ0v) is 24.2. The number of nitrogens with one attached hydrogen (secondary N) is 1. The fourth-order valence-electron chi connectivity index (χ4n) is 5.07. The van der Waals surface area contributed by atoms with Crippen molar-refractivity contribution in [3.05, 3.63) is 99.5 Å². The normalized spacial score (nSPS) is 12.9. The second-order valence-electron chi connectivity index (χ2n) is 10.4. The number of aromatic amines is 1. The Kier molecular flexibility index (Phi) is 6.73. The standard InChI is InChI=1S/C28H29N5O4SSi/c1-18-22-23(38-25(18)33-29-16-17-30-33)31-27(36)32(24(22)34)19(2)26(35)37-39(28(3,4)5,20-12-8-6-9-13-20)21-14-10-7-11-15-21/h6-17,19H,1-5H3,(H,31,36)/t19-/m0/s1. The van der Waals surface area contributed by atoms with E-state index in [-0.39, 0.29) is 0 Å². The van der Waals surface area contributed by atoms with Crippen LogP contribution in [0.15, 0.2) is 82.6 Å². The highest BCUT2D eigenvalue weighted by molar-refractivity contribution is 7.21. The van der Waals surface area contributed by atoms with Crippen molar-refractivity contribution in [3.63, 3.8) is 0 Å². The minimum absolute atomic E-state index is 0.317. The summed E-state index contributed by atoms with van der Waals surface area (Å²) in [6.45, 7) is 9.47. The van der Waals surface area contributed by atoms with E-state index in [1.54, 1.807) is 6.92 Å². The van der Waals surface area contributed by atoms with Crippen LogP contribution in [0.4, 0.5) is 0 Å². The van der Waals surface area contributed by atoms with Gasteiger partial charge in [0.05, 0.1) is 17.8 Å². The summed E-state index contributed by atoms with van der Waals surface area (Å²) >= 11 is 1.21. The van der Waals surface area contributed by atoms with E-state index < -0.39 is 36.6 Å². The molecule has 3 aromatic heterocycles. The van der Waals surface area contributed by atoms with Gasteiger partial charge in [0.1, 0.15) is 15.9 Å².